The van der Waals surface area contributed by atoms with Crippen LogP contribution in [-0.4, -0.2) is 82.5 Å². The van der Waals surface area contributed by atoms with Crippen LogP contribution in [0.2, 0.25) is 0 Å². The molecule has 0 spiro atoms. The van der Waals surface area contributed by atoms with Crippen molar-refractivity contribution in [1.29, 1.82) is 0 Å². The summed E-state index contributed by atoms with van der Waals surface area (Å²) in [6.45, 7) is 7.18. The van der Waals surface area contributed by atoms with Crippen LogP contribution in [0.5, 0.6) is 0 Å². The lowest BCUT2D eigenvalue weighted by molar-refractivity contribution is 0.0964. The van der Waals surface area contributed by atoms with Crippen LogP contribution in [0.4, 0.5) is 11.8 Å². The molecule has 4 heterocycles. The maximum Gasteiger partial charge on any atom is 0.251 e. The highest BCUT2D eigenvalue weighted by Crippen LogP contribution is 2.34. The molecule has 4 aromatic rings. The van der Waals surface area contributed by atoms with E-state index < -0.39 is 0 Å². The number of fused-ring (bicyclic) bond motifs is 1. The molecule has 0 radical (unpaired) electrons. The molecular formula is C31H39N9O. The molecule has 10 nitrogen and oxygen atoms in total. The van der Waals surface area contributed by atoms with Crippen molar-refractivity contribution >= 4 is 28.6 Å². The molecule has 0 saturated carbocycles. The Morgan fingerprint density at radius 3 is 2.56 bits per heavy atom. The lowest BCUT2D eigenvalue weighted by Gasteiger charge is -2.35. The maximum absolute atomic E-state index is 12.5. The molecule has 0 bridgehead atoms. The van der Waals surface area contributed by atoms with E-state index in [4.69, 9.17) is 0 Å². The number of rotatable bonds is 9. The number of nitrogens with zero attached hydrogens (tertiary/aromatic N) is 7. The quantitative estimate of drug-likeness (QED) is 0.316. The smallest absolute Gasteiger partial charge is 0.251 e. The largest absolute Gasteiger partial charge is 0.369 e. The monoisotopic (exact) mass is 553 g/mol. The van der Waals surface area contributed by atoms with Gasteiger partial charge in [-0.1, -0.05) is 32.0 Å². The van der Waals surface area contributed by atoms with Crippen molar-refractivity contribution in [3.63, 3.8) is 0 Å². The van der Waals surface area contributed by atoms with Crippen LogP contribution in [0.25, 0.3) is 22.2 Å². The van der Waals surface area contributed by atoms with Gasteiger partial charge >= 0.3 is 0 Å². The van der Waals surface area contributed by atoms with E-state index in [1.54, 1.807) is 25.6 Å². The van der Waals surface area contributed by atoms with E-state index in [0.29, 0.717) is 18.2 Å². The van der Waals surface area contributed by atoms with Gasteiger partial charge in [0, 0.05) is 67.7 Å². The predicted octanol–water partition coefficient (Wildman–Crippen LogP) is 4.15. The molecule has 41 heavy (non-hydrogen) atoms. The van der Waals surface area contributed by atoms with Crippen molar-refractivity contribution in [1.82, 2.24) is 35.1 Å². The molecule has 214 valence electrons. The normalized spacial score (nSPS) is 15.8. The fourth-order valence-electron chi connectivity index (χ4n) is 5.49. The first-order valence-corrected chi connectivity index (χ1v) is 14.2. The van der Waals surface area contributed by atoms with Gasteiger partial charge in [0.1, 0.15) is 12.1 Å². The van der Waals surface area contributed by atoms with Crippen molar-refractivity contribution in [2.75, 3.05) is 51.0 Å². The Bertz CT molecular complexity index is 1500. The van der Waals surface area contributed by atoms with Gasteiger partial charge in [-0.15, -0.1) is 0 Å². The number of hydrogen-bond donors (Lipinski definition) is 2. The van der Waals surface area contributed by atoms with Gasteiger partial charge in [-0.2, -0.15) is 0 Å². The van der Waals surface area contributed by atoms with Crippen LogP contribution >= 0.6 is 0 Å². The third-order valence-corrected chi connectivity index (χ3v) is 8.49. The van der Waals surface area contributed by atoms with Crippen LogP contribution in [0.15, 0.2) is 55.2 Å². The predicted molar refractivity (Wildman–Crippen MR) is 163 cm³/mol. The number of carbonyl (C=O) groups is 1. The second kappa shape index (κ2) is 12.1. The molecular weight excluding hydrogens is 514 g/mol. The highest BCUT2D eigenvalue weighted by molar-refractivity contribution is 6.06. The number of benzene rings is 1. The first-order chi connectivity index (χ1) is 19.8. The SMILES string of the molecule is CC[C@@](C)(CNc1cc(-c2cnc(N(C)C3CCN(C)CC3)nc2)ncn1)c1cccc2c(C(=O)NC)ccnc12. The average Bonchev–Trinajstić information content (AvgIpc) is 3.03. The molecule has 1 aromatic carbocycles. The molecule has 1 aliphatic heterocycles. The van der Waals surface area contributed by atoms with Crippen molar-refractivity contribution in [2.24, 2.45) is 0 Å². The molecule has 0 unspecified atom stereocenters. The summed E-state index contributed by atoms with van der Waals surface area (Å²) in [5.74, 6) is 1.34. The van der Waals surface area contributed by atoms with E-state index in [0.717, 1.165) is 71.8 Å². The molecule has 1 atom stereocenters. The zero-order chi connectivity index (χ0) is 29.0. The number of aromatic nitrogens is 5. The van der Waals surface area contributed by atoms with Gasteiger partial charge in [0.05, 0.1) is 16.8 Å². The number of likely N-dealkylation sites (tertiary alicyclic amines) is 1. The van der Waals surface area contributed by atoms with Gasteiger partial charge in [-0.25, -0.2) is 19.9 Å². The average molecular weight is 554 g/mol. The van der Waals surface area contributed by atoms with Crippen LogP contribution in [-0.2, 0) is 5.41 Å². The van der Waals surface area contributed by atoms with Crippen LogP contribution < -0.4 is 15.5 Å². The fraction of sp³-hybridized carbons (Fsp3) is 0.419. The Balaban J connectivity index is 1.33. The summed E-state index contributed by atoms with van der Waals surface area (Å²) >= 11 is 0. The number of nitrogens with one attached hydrogen (secondary N) is 2. The highest BCUT2D eigenvalue weighted by atomic mass is 16.1. The van der Waals surface area contributed by atoms with E-state index in [9.17, 15) is 4.79 Å². The second-order valence-corrected chi connectivity index (χ2v) is 11.1. The van der Waals surface area contributed by atoms with E-state index in [2.05, 4.69) is 79.4 Å². The lowest BCUT2D eigenvalue weighted by atomic mass is 9.78. The summed E-state index contributed by atoms with van der Waals surface area (Å²) in [5, 5.41) is 7.10. The number of para-hydroxylation sites is 1. The zero-order valence-corrected chi connectivity index (χ0v) is 24.6. The Morgan fingerprint density at radius 1 is 1.10 bits per heavy atom. The van der Waals surface area contributed by atoms with E-state index in [1.165, 1.54) is 0 Å². The van der Waals surface area contributed by atoms with E-state index in [-0.39, 0.29) is 11.3 Å². The summed E-state index contributed by atoms with van der Waals surface area (Å²) in [7, 11) is 5.89. The molecule has 10 heteroatoms. The zero-order valence-electron chi connectivity index (χ0n) is 24.6. The minimum Gasteiger partial charge on any atom is -0.369 e. The Morgan fingerprint density at radius 2 is 1.85 bits per heavy atom. The first kappa shape index (κ1) is 28.4. The van der Waals surface area contributed by atoms with Crippen LogP contribution in [0, 0.1) is 0 Å². The van der Waals surface area contributed by atoms with Gasteiger partial charge in [0.2, 0.25) is 5.95 Å². The molecule has 1 saturated heterocycles. The number of amides is 1. The van der Waals surface area contributed by atoms with Crippen molar-refractivity contribution in [2.45, 2.75) is 44.6 Å². The number of anilines is 2. The van der Waals surface area contributed by atoms with Crippen LogP contribution in [0.3, 0.4) is 0 Å². The van der Waals surface area contributed by atoms with E-state index in [1.807, 2.05) is 30.6 Å². The van der Waals surface area contributed by atoms with Gasteiger partial charge < -0.3 is 20.4 Å². The summed E-state index contributed by atoms with van der Waals surface area (Å²) < 4.78 is 0. The summed E-state index contributed by atoms with van der Waals surface area (Å²) in [6, 6.07) is 10.2. The Labute approximate surface area is 241 Å². The summed E-state index contributed by atoms with van der Waals surface area (Å²) in [5.41, 5.74) is 3.89. The van der Waals surface area contributed by atoms with Gasteiger partial charge in [0.15, 0.2) is 0 Å². The number of carbonyl (C=O) groups excluding carboxylic acids is 1. The summed E-state index contributed by atoms with van der Waals surface area (Å²) in [6.07, 6.45) is 10.0. The topological polar surface area (TPSA) is 112 Å². The molecule has 1 aliphatic rings. The standard InChI is InChI=1S/C31H39N9O/c1-6-31(2,25-9-7-8-23-24(29(41)32-3)10-13-33-28(23)25)19-36-27-16-26(37-20-38-27)21-17-34-30(35-18-21)40(5)22-11-14-39(4)15-12-22/h7-10,13,16-18,20,22H,6,11-12,14-15,19H2,1-5H3,(H,32,41)(H,36,37,38)/t31-/m0/s1. The first-order valence-electron chi connectivity index (χ1n) is 14.2. The van der Waals surface area contributed by atoms with Gasteiger partial charge in [-0.3, -0.25) is 9.78 Å². The minimum atomic E-state index is -0.262. The third kappa shape index (κ3) is 5.97. The lowest BCUT2D eigenvalue weighted by Crippen LogP contribution is -2.42. The Hall–Kier alpha value is -4.18. The maximum atomic E-state index is 12.5. The van der Waals surface area contributed by atoms with E-state index >= 15 is 0 Å². The molecule has 2 N–H and O–H groups in total. The number of hydrogen-bond acceptors (Lipinski definition) is 9. The number of pyridine rings is 1. The molecule has 1 amide bonds. The summed E-state index contributed by atoms with van der Waals surface area (Å²) in [4.78, 5) is 40.0. The fourth-order valence-corrected chi connectivity index (χ4v) is 5.49. The van der Waals surface area contributed by atoms with Gasteiger partial charge in [0.25, 0.3) is 5.91 Å². The molecule has 5 rings (SSSR count). The van der Waals surface area contributed by atoms with Crippen LogP contribution in [0.1, 0.15) is 49.0 Å². The van der Waals surface area contributed by atoms with Crippen molar-refractivity contribution in [3.8, 4) is 11.3 Å². The highest BCUT2D eigenvalue weighted by Gasteiger charge is 2.28. The van der Waals surface area contributed by atoms with Crippen molar-refractivity contribution < 1.29 is 4.79 Å². The molecule has 0 aliphatic carbocycles. The molecule has 3 aromatic heterocycles. The Kier molecular flexibility index (Phi) is 8.39. The second-order valence-electron chi connectivity index (χ2n) is 11.1. The van der Waals surface area contributed by atoms with Crippen molar-refractivity contribution in [3.05, 3.63) is 66.4 Å². The third-order valence-electron chi connectivity index (χ3n) is 8.49. The number of piperidine rings is 1. The minimum absolute atomic E-state index is 0.120. The van der Waals surface area contributed by atoms with Gasteiger partial charge in [-0.05, 0) is 51.0 Å². The molecule has 1 fully saturated rings.